The zero-order valence-electron chi connectivity index (χ0n) is 16.7. The molecule has 0 radical (unpaired) electrons. The summed E-state index contributed by atoms with van der Waals surface area (Å²) >= 11 is 0. The van der Waals surface area contributed by atoms with Crippen molar-refractivity contribution >= 4 is 5.91 Å². The summed E-state index contributed by atoms with van der Waals surface area (Å²) in [7, 11) is 3.59. The number of benzene rings is 1. The number of amides is 1. The molecule has 5 heteroatoms. The van der Waals surface area contributed by atoms with E-state index in [0.29, 0.717) is 30.5 Å². The van der Waals surface area contributed by atoms with Crippen LogP contribution in [-0.4, -0.2) is 68.1 Å². The zero-order chi connectivity index (χ0) is 18.8. The third kappa shape index (κ3) is 3.85. The van der Waals surface area contributed by atoms with Crippen molar-refractivity contribution < 1.29 is 9.53 Å². The highest BCUT2D eigenvalue weighted by atomic mass is 16.5. The lowest BCUT2D eigenvalue weighted by Crippen LogP contribution is -2.65. The van der Waals surface area contributed by atoms with E-state index in [9.17, 15) is 4.79 Å². The summed E-state index contributed by atoms with van der Waals surface area (Å²) in [6.45, 7) is 3.53. The van der Waals surface area contributed by atoms with Crippen LogP contribution in [0.25, 0.3) is 0 Å². The summed E-state index contributed by atoms with van der Waals surface area (Å²) in [6.07, 6.45) is 6.27. The Morgan fingerprint density at radius 1 is 1.26 bits per heavy atom. The fraction of sp³-hybridized carbons (Fsp3) is 0.682. The van der Waals surface area contributed by atoms with Crippen LogP contribution in [0, 0.1) is 11.8 Å². The lowest BCUT2D eigenvalue weighted by atomic mass is 9.71. The van der Waals surface area contributed by atoms with Gasteiger partial charge in [-0.3, -0.25) is 9.69 Å². The monoisotopic (exact) mass is 371 g/mol. The number of ether oxygens (including phenoxy) is 1. The van der Waals surface area contributed by atoms with E-state index in [4.69, 9.17) is 4.74 Å². The van der Waals surface area contributed by atoms with Crippen LogP contribution in [-0.2, 0) is 11.2 Å². The molecule has 1 aromatic carbocycles. The molecule has 1 aromatic rings. The Kier molecular flexibility index (Phi) is 5.69. The number of piperidine rings is 3. The molecule has 5 nitrogen and oxygen atoms in total. The third-order valence-electron chi connectivity index (χ3n) is 6.88. The van der Waals surface area contributed by atoms with Crippen molar-refractivity contribution in [2.75, 3.05) is 40.3 Å². The van der Waals surface area contributed by atoms with E-state index in [-0.39, 0.29) is 5.91 Å². The van der Waals surface area contributed by atoms with Crippen molar-refractivity contribution in [2.24, 2.45) is 11.8 Å². The number of nitrogens with zero attached hydrogens (tertiary/aromatic N) is 2. The first-order valence-electron chi connectivity index (χ1n) is 10.5. The maximum Gasteiger partial charge on any atom is 0.236 e. The highest BCUT2D eigenvalue weighted by Gasteiger charge is 2.47. The topological polar surface area (TPSA) is 44.8 Å². The SMILES string of the molecule is CNCC(=O)N1C[C@H]2C[C@@H](C1)[C@H](Cc1cccc(OC)c1)N1CCCC[C@@H]21. The Bertz CT molecular complexity index is 665. The van der Waals surface area contributed by atoms with Gasteiger partial charge in [0.1, 0.15) is 5.75 Å². The number of hydrogen-bond acceptors (Lipinski definition) is 4. The second-order valence-electron chi connectivity index (χ2n) is 8.51. The van der Waals surface area contributed by atoms with E-state index in [2.05, 4.69) is 33.3 Å². The van der Waals surface area contributed by atoms with Gasteiger partial charge in [0.2, 0.25) is 5.91 Å². The van der Waals surface area contributed by atoms with Crippen LogP contribution in [0.5, 0.6) is 5.75 Å². The van der Waals surface area contributed by atoms with Crippen LogP contribution in [0.4, 0.5) is 0 Å². The van der Waals surface area contributed by atoms with Crippen molar-refractivity contribution in [3.63, 3.8) is 0 Å². The largest absolute Gasteiger partial charge is 0.497 e. The minimum absolute atomic E-state index is 0.261. The predicted molar refractivity (Wildman–Crippen MR) is 107 cm³/mol. The first kappa shape index (κ1) is 18.8. The number of methoxy groups -OCH3 is 1. The molecule has 0 saturated carbocycles. The van der Waals surface area contributed by atoms with Gasteiger partial charge < -0.3 is 15.0 Å². The van der Waals surface area contributed by atoms with Gasteiger partial charge in [0.15, 0.2) is 0 Å². The van der Waals surface area contributed by atoms with E-state index >= 15 is 0 Å². The standard InChI is InChI=1S/C22H33N3O2/c1-23-13-22(26)24-14-17-12-18(15-24)21(25-9-4-3-8-20(17)25)11-16-6-5-7-19(10-16)27-2/h5-7,10,17-18,20-21,23H,3-4,8-9,11-15H2,1-2H3/t17-,18+,20+,21+/m1/s1. The fourth-order valence-corrected chi connectivity index (χ4v) is 5.70. The Hall–Kier alpha value is -1.59. The molecule has 0 unspecified atom stereocenters. The summed E-state index contributed by atoms with van der Waals surface area (Å²) in [4.78, 5) is 17.5. The normalized spacial score (nSPS) is 30.7. The first-order chi connectivity index (χ1) is 13.2. The van der Waals surface area contributed by atoms with Crippen LogP contribution in [0.15, 0.2) is 24.3 Å². The molecule has 27 heavy (non-hydrogen) atoms. The summed E-state index contributed by atoms with van der Waals surface area (Å²) in [5.74, 6) is 2.42. The Morgan fingerprint density at radius 3 is 2.93 bits per heavy atom. The number of carbonyl (C=O) groups is 1. The number of fused-ring (bicyclic) bond motifs is 4. The van der Waals surface area contributed by atoms with Crippen LogP contribution in [0.1, 0.15) is 31.2 Å². The highest BCUT2D eigenvalue weighted by molar-refractivity contribution is 5.78. The summed E-state index contributed by atoms with van der Waals surface area (Å²) in [5, 5.41) is 3.03. The maximum absolute atomic E-state index is 12.6. The molecular formula is C22H33N3O2. The van der Waals surface area contributed by atoms with Crippen molar-refractivity contribution in [1.29, 1.82) is 0 Å². The average molecular weight is 372 g/mol. The van der Waals surface area contributed by atoms with Crippen LogP contribution >= 0.6 is 0 Å². The van der Waals surface area contributed by atoms with Gasteiger partial charge in [-0.05, 0) is 68.8 Å². The molecule has 148 valence electrons. The Balaban J connectivity index is 1.57. The van der Waals surface area contributed by atoms with Crippen LogP contribution in [0.2, 0.25) is 0 Å². The molecule has 4 rings (SSSR count). The van der Waals surface area contributed by atoms with Gasteiger partial charge in [-0.2, -0.15) is 0 Å². The second kappa shape index (κ2) is 8.19. The van der Waals surface area contributed by atoms with Gasteiger partial charge in [-0.25, -0.2) is 0 Å². The molecule has 3 saturated heterocycles. The van der Waals surface area contributed by atoms with Crippen molar-refractivity contribution in [3.8, 4) is 5.75 Å². The first-order valence-corrected chi connectivity index (χ1v) is 10.5. The maximum atomic E-state index is 12.6. The van der Waals surface area contributed by atoms with E-state index in [1.807, 2.05) is 13.1 Å². The van der Waals surface area contributed by atoms with Gasteiger partial charge in [0, 0.05) is 25.2 Å². The van der Waals surface area contributed by atoms with E-state index in [0.717, 1.165) is 25.3 Å². The number of likely N-dealkylation sites (tertiary alicyclic amines) is 1. The van der Waals surface area contributed by atoms with Gasteiger partial charge in [-0.1, -0.05) is 18.6 Å². The van der Waals surface area contributed by atoms with E-state index in [1.165, 1.54) is 37.8 Å². The molecule has 0 spiro atoms. The second-order valence-corrected chi connectivity index (χ2v) is 8.51. The zero-order valence-corrected chi connectivity index (χ0v) is 16.7. The van der Waals surface area contributed by atoms with E-state index in [1.54, 1.807) is 7.11 Å². The Morgan fingerprint density at radius 2 is 2.11 bits per heavy atom. The smallest absolute Gasteiger partial charge is 0.236 e. The minimum Gasteiger partial charge on any atom is -0.497 e. The lowest BCUT2D eigenvalue weighted by molar-refractivity contribution is -0.139. The molecule has 1 amide bonds. The lowest BCUT2D eigenvalue weighted by Gasteiger charge is -2.57. The average Bonchev–Trinajstić information content (AvgIpc) is 2.71. The van der Waals surface area contributed by atoms with Crippen molar-refractivity contribution in [2.45, 2.75) is 44.2 Å². The number of nitrogens with one attached hydrogen (secondary N) is 1. The molecule has 3 heterocycles. The van der Waals surface area contributed by atoms with Gasteiger partial charge >= 0.3 is 0 Å². The van der Waals surface area contributed by atoms with Gasteiger partial charge in [0.25, 0.3) is 0 Å². The molecule has 0 aliphatic carbocycles. The molecule has 3 aliphatic heterocycles. The molecule has 3 aliphatic rings. The number of hydrogen-bond donors (Lipinski definition) is 1. The molecule has 1 N–H and O–H groups in total. The van der Waals surface area contributed by atoms with Crippen LogP contribution in [0.3, 0.4) is 0 Å². The minimum atomic E-state index is 0.261. The molecule has 4 atom stereocenters. The quantitative estimate of drug-likeness (QED) is 0.862. The molecule has 3 fully saturated rings. The van der Waals surface area contributed by atoms with Crippen molar-refractivity contribution in [1.82, 2.24) is 15.1 Å². The number of rotatable bonds is 5. The highest BCUT2D eigenvalue weighted by Crippen LogP contribution is 2.42. The van der Waals surface area contributed by atoms with Gasteiger partial charge in [0.05, 0.1) is 13.7 Å². The predicted octanol–water partition coefficient (Wildman–Crippen LogP) is 2.16. The van der Waals surface area contributed by atoms with Gasteiger partial charge in [-0.15, -0.1) is 0 Å². The molecular weight excluding hydrogens is 338 g/mol. The van der Waals surface area contributed by atoms with Crippen molar-refractivity contribution in [3.05, 3.63) is 29.8 Å². The fourth-order valence-electron chi connectivity index (χ4n) is 5.70. The third-order valence-corrected chi connectivity index (χ3v) is 6.88. The number of likely N-dealkylation sites (N-methyl/N-ethyl adjacent to an activating group) is 1. The number of carbonyl (C=O) groups excluding carboxylic acids is 1. The molecule has 2 bridgehead atoms. The molecule has 0 aromatic heterocycles. The summed E-state index contributed by atoms with van der Waals surface area (Å²) in [6, 6.07) is 9.69. The summed E-state index contributed by atoms with van der Waals surface area (Å²) < 4.78 is 5.43. The van der Waals surface area contributed by atoms with E-state index < -0.39 is 0 Å². The summed E-state index contributed by atoms with van der Waals surface area (Å²) in [5.41, 5.74) is 1.35. The van der Waals surface area contributed by atoms with Crippen LogP contribution < -0.4 is 10.1 Å². The Labute approximate surface area is 163 Å².